The van der Waals surface area contributed by atoms with Gasteiger partial charge in [0.1, 0.15) is 0 Å². The Morgan fingerprint density at radius 1 is 1.23 bits per heavy atom. The predicted octanol–water partition coefficient (Wildman–Crippen LogP) is 3.62. The minimum atomic E-state index is -3.35. The maximum absolute atomic E-state index is 11.8. The van der Waals surface area contributed by atoms with Crippen LogP contribution in [0, 0.1) is 13.8 Å². The Labute approximate surface area is 140 Å². The SMILES string of the molecule is CCS(=O)(=O)Nc1c(C)nn(Cc2c(Cl)cccc2Cl)c1C. The zero-order valence-electron chi connectivity index (χ0n) is 12.5. The third-order valence-corrected chi connectivity index (χ3v) is 5.37. The van der Waals surface area contributed by atoms with Gasteiger partial charge in [-0.05, 0) is 32.9 Å². The second kappa shape index (κ2) is 6.48. The highest BCUT2D eigenvalue weighted by molar-refractivity contribution is 7.92. The number of benzene rings is 1. The maximum atomic E-state index is 11.8. The first-order valence-corrected chi connectivity index (χ1v) is 9.13. The third kappa shape index (κ3) is 3.56. The normalized spacial score (nSPS) is 11.7. The molecule has 0 saturated carbocycles. The van der Waals surface area contributed by atoms with Gasteiger partial charge in [-0.25, -0.2) is 8.42 Å². The van der Waals surface area contributed by atoms with E-state index in [1.54, 1.807) is 43.7 Å². The van der Waals surface area contributed by atoms with Crippen molar-refractivity contribution in [2.75, 3.05) is 10.5 Å². The summed E-state index contributed by atoms with van der Waals surface area (Å²) in [5, 5.41) is 5.48. The highest BCUT2D eigenvalue weighted by Crippen LogP contribution is 2.27. The summed E-state index contributed by atoms with van der Waals surface area (Å²) in [6.45, 7) is 5.52. The highest BCUT2D eigenvalue weighted by Gasteiger charge is 2.18. The lowest BCUT2D eigenvalue weighted by Gasteiger charge is -2.10. The molecular formula is C14H17Cl2N3O2S. The third-order valence-electron chi connectivity index (χ3n) is 3.39. The molecule has 0 saturated heterocycles. The molecule has 0 aliphatic carbocycles. The standard InChI is InChI=1S/C14H17Cl2N3O2S/c1-4-22(20,21)18-14-9(2)17-19(10(14)3)8-11-12(15)6-5-7-13(11)16/h5-7,18H,4,8H2,1-3H3. The van der Waals surface area contributed by atoms with E-state index in [0.29, 0.717) is 33.7 Å². The number of aromatic nitrogens is 2. The molecule has 1 N–H and O–H groups in total. The lowest BCUT2D eigenvalue weighted by Crippen LogP contribution is -2.15. The number of nitrogens with zero attached hydrogens (tertiary/aromatic N) is 2. The first kappa shape index (κ1) is 17.1. The molecule has 2 aromatic rings. The summed E-state index contributed by atoms with van der Waals surface area (Å²) in [5.41, 5.74) is 2.58. The van der Waals surface area contributed by atoms with Crippen molar-refractivity contribution >= 4 is 38.9 Å². The quantitative estimate of drug-likeness (QED) is 0.884. The summed E-state index contributed by atoms with van der Waals surface area (Å²) in [5.74, 6) is 0.00734. The molecule has 5 nitrogen and oxygen atoms in total. The molecule has 0 radical (unpaired) electrons. The van der Waals surface area contributed by atoms with Crippen molar-refractivity contribution in [3.05, 3.63) is 45.2 Å². The largest absolute Gasteiger partial charge is 0.280 e. The predicted molar refractivity (Wildman–Crippen MR) is 90.3 cm³/mol. The van der Waals surface area contributed by atoms with Crippen molar-refractivity contribution in [2.45, 2.75) is 27.3 Å². The number of aryl methyl sites for hydroxylation is 1. The number of hydrogen-bond donors (Lipinski definition) is 1. The van der Waals surface area contributed by atoms with Gasteiger partial charge in [-0.2, -0.15) is 5.10 Å². The lowest BCUT2D eigenvalue weighted by molar-refractivity contribution is 0.602. The molecule has 0 unspecified atom stereocenters. The smallest absolute Gasteiger partial charge is 0.232 e. The second-order valence-corrected chi connectivity index (χ2v) is 7.73. The molecule has 0 aliphatic rings. The van der Waals surface area contributed by atoms with Crippen LogP contribution in [0.3, 0.4) is 0 Å². The van der Waals surface area contributed by atoms with Gasteiger partial charge in [0.2, 0.25) is 10.0 Å². The van der Waals surface area contributed by atoms with Gasteiger partial charge in [-0.1, -0.05) is 29.3 Å². The number of rotatable bonds is 5. The Kier molecular flexibility index (Phi) is 5.04. The van der Waals surface area contributed by atoms with Crippen molar-refractivity contribution < 1.29 is 8.42 Å². The minimum Gasteiger partial charge on any atom is -0.280 e. The monoisotopic (exact) mass is 361 g/mol. The van der Waals surface area contributed by atoms with Crippen molar-refractivity contribution in [3.8, 4) is 0 Å². The molecule has 120 valence electrons. The van der Waals surface area contributed by atoms with Gasteiger partial charge in [0.05, 0.1) is 29.4 Å². The summed E-state index contributed by atoms with van der Waals surface area (Å²) in [6.07, 6.45) is 0. The second-order valence-electron chi connectivity index (χ2n) is 4.91. The first-order chi connectivity index (χ1) is 10.2. The van der Waals surface area contributed by atoms with E-state index < -0.39 is 10.0 Å². The van der Waals surface area contributed by atoms with Crippen LogP contribution in [-0.2, 0) is 16.6 Å². The fourth-order valence-electron chi connectivity index (χ4n) is 2.06. The van der Waals surface area contributed by atoms with E-state index in [4.69, 9.17) is 23.2 Å². The van der Waals surface area contributed by atoms with Gasteiger partial charge < -0.3 is 0 Å². The van der Waals surface area contributed by atoms with E-state index in [-0.39, 0.29) is 5.75 Å². The Morgan fingerprint density at radius 3 is 2.36 bits per heavy atom. The molecule has 0 amide bonds. The summed E-state index contributed by atoms with van der Waals surface area (Å²) in [7, 11) is -3.35. The molecule has 22 heavy (non-hydrogen) atoms. The number of halogens is 2. The van der Waals surface area contributed by atoms with E-state index in [2.05, 4.69) is 9.82 Å². The number of sulfonamides is 1. The molecule has 1 aromatic carbocycles. The Hall–Kier alpha value is -1.24. The van der Waals surface area contributed by atoms with Crippen molar-refractivity contribution in [2.24, 2.45) is 0 Å². The maximum Gasteiger partial charge on any atom is 0.232 e. The van der Waals surface area contributed by atoms with Crippen molar-refractivity contribution in [1.82, 2.24) is 9.78 Å². The average Bonchev–Trinajstić information content (AvgIpc) is 2.70. The van der Waals surface area contributed by atoms with E-state index in [0.717, 1.165) is 5.56 Å². The van der Waals surface area contributed by atoms with Crippen LogP contribution in [-0.4, -0.2) is 24.0 Å². The molecule has 1 heterocycles. The van der Waals surface area contributed by atoms with E-state index in [1.807, 2.05) is 0 Å². The fraction of sp³-hybridized carbons (Fsp3) is 0.357. The Balaban J connectivity index is 2.39. The topological polar surface area (TPSA) is 64.0 Å². The number of nitrogens with one attached hydrogen (secondary N) is 1. The van der Waals surface area contributed by atoms with Crippen LogP contribution in [0.15, 0.2) is 18.2 Å². The van der Waals surface area contributed by atoms with Gasteiger partial charge in [0, 0.05) is 15.6 Å². The van der Waals surface area contributed by atoms with Gasteiger partial charge in [-0.3, -0.25) is 9.40 Å². The molecular weight excluding hydrogens is 345 g/mol. The summed E-state index contributed by atoms with van der Waals surface area (Å²) in [4.78, 5) is 0. The van der Waals surface area contributed by atoms with Gasteiger partial charge >= 0.3 is 0 Å². The number of hydrogen-bond acceptors (Lipinski definition) is 3. The average molecular weight is 362 g/mol. The molecule has 0 spiro atoms. The molecule has 0 aliphatic heterocycles. The van der Waals surface area contributed by atoms with Crippen LogP contribution in [0.4, 0.5) is 5.69 Å². The molecule has 8 heteroatoms. The highest BCUT2D eigenvalue weighted by atomic mass is 35.5. The Bertz CT molecular complexity index is 780. The molecule has 2 rings (SSSR count). The zero-order chi connectivity index (χ0) is 16.5. The first-order valence-electron chi connectivity index (χ1n) is 6.72. The van der Waals surface area contributed by atoms with Crippen LogP contribution in [0.2, 0.25) is 10.0 Å². The van der Waals surface area contributed by atoms with Crippen LogP contribution in [0.25, 0.3) is 0 Å². The summed E-state index contributed by atoms with van der Waals surface area (Å²) in [6, 6.07) is 5.29. The molecule has 0 bridgehead atoms. The molecule has 0 atom stereocenters. The zero-order valence-corrected chi connectivity index (χ0v) is 14.8. The Morgan fingerprint density at radius 2 is 1.82 bits per heavy atom. The fourth-order valence-corrected chi connectivity index (χ4v) is 3.33. The molecule has 0 fully saturated rings. The van der Waals surface area contributed by atoms with Crippen molar-refractivity contribution in [3.63, 3.8) is 0 Å². The van der Waals surface area contributed by atoms with E-state index in [1.165, 1.54) is 0 Å². The lowest BCUT2D eigenvalue weighted by atomic mass is 10.2. The number of anilines is 1. The van der Waals surface area contributed by atoms with Crippen molar-refractivity contribution in [1.29, 1.82) is 0 Å². The van der Waals surface area contributed by atoms with Crippen LogP contribution < -0.4 is 4.72 Å². The van der Waals surface area contributed by atoms with E-state index >= 15 is 0 Å². The van der Waals surface area contributed by atoms with Crippen LogP contribution in [0.5, 0.6) is 0 Å². The summed E-state index contributed by atoms with van der Waals surface area (Å²) >= 11 is 12.3. The van der Waals surface area contributed by atoms with Gasteiger partial charge in [-0.15, -0.1) is 0 Å². The molecule has 1 aromatic heterocycles. The minimum absolute atomic E-state index is 0.00734. The van der Waals surface area contributed by atoms with Gasteiger partial charge in [0.25, 0.3) is 0 Å². The van der Waals surface area contributed by atoms with Crippen LogP contribution >= 0.6 is 23.2 Å². The van der Waals surface area contributed by atoms with Gasteiger partial charge in [0.15, 0.2) is 0 Å². The van der Waals surface area contributed by atoms with E-state index in [9.17, 15) is 8.42 Å². The summed E-state index contributed by atoms with van der Waals surface area (Å²) < 4.78 is 27.8. The van der Waals surface area contributed by atoms with Crippen LogP contribution in [0.1, 0.15) is 23.9 Å².